The van der Waals surface area contributed by atoms with Crippen molar-refractivity contribution in [1.82, 2.24) is 8.96 Å². The fraction of sp³-hybridized carbons (Fsp3) is 0.118. The van der Waals surface area contributed by atoms with Gasteiger partial charge in [-0.25, -0.2) is 13.2 Å². The first kappa shape index (κ1) is 14.8. The molecule has 4 rings (SSSR count). The van der Waals surface area contributed by atoms with E-state index in [1.165, 1.54) is 12.3 Å². The highest BCUT2D eigenvalue weighted by Gasteiger charge is 2.23. The van der Waals surface area contributed by atoms with Gasteiger partial charge in [0, 0.05) is 12.2 Å². The number of hydrogen-bond donors (Lipinski definition) is 2. The topological polar surface area (TPSA) is 84.0 Å². The molecule has 122 valence electrons. The summed E-state index contributed by atoms with van der Waals surface area (Å²) in [6.45, 7) is 0.793. The number of nitrogens with one attached hydrogen (secondary N) is 2. The number of H-pyrrole nitrogens is 1. The predicted octanol–water partition coefficient (Wildman–Crippen LogP) is 2.05. The van der Waals surface area contributed by atoms with Crippen molar-refractivity contribution in [3.05, 3.63) is 70.8 Å². The number of nitrogens with zero attached hydrogens (tertiary/aromatic N) is 1. The van der Waals surface area contributed by atoms with Gasteiger partial charge in [0.2, 0.25) is 0 Å². The molecule has 1 aliphatic rings. The van der Waals surface area contributed by atoms with Crippen LogP contribution < -0.4 is 11.0 Å². The summed E-state index contributed by atoms with van der Waals surface area (Å²) in [4.78, 5) is 14.9. The van der Waals surface area contributed by atoms with Crippen LogP contribution in [0.4, 0.5) is 5.69 Å². The van der Waals surface area contributed by atoms with Gasteiger partial charge in [0.25, 0.3) is 10.0 Å². The van der Waals surface area contributed by atoms with Crippen molar-refractivity contribution in [1.29, 1.82) is 0 Å². The molecule has 0 amide bonds. The Morgan fingerprint density at radius 1 is 1.04 bits per heavy atom. The van der Waals surface area contributed by atoms with Crippen LogP contribution in [-0.4, -0.2) is 23.9 Å². The van der Waals surface area contributed by atoms with E-state index < -0.39 is 15.7 Å². The molecule has 0 fully saturated rings. The van der Waals surface area contributed by atoms with Crippen molar-refractivity contribution < 1.29 is 8.42 Å². The van der Waals surface area contributed by atoms with Crippen LogP contribution in [0, 0.1) is 0 Å². The third kappa shape index (κ3) is 2.33. The van der Waals surface area contributed by atoms with Gasteiger partial charge in [0.1, 0.15) is 0 Å². The minimum atomic E-state index is -3.93. The Balaban J connectivity index is 1.81. The minimum Gasteiger partial charge on any atom is -0.384 e. The molecule has 0 saturated heterocycles. The van der Waals surface area contributed by atoms with Crippen LogP contribution in [0.5, 0.6) is 0 Å². The van der Waals surface area contributed by atoms with E-state index in [1.54, 1.807) is 12.1 Å². The molecule has 0 unspecified atom stereocenters. The van der Waals surface area contributed by atoms with Crippen molar-refractivity contribution in [2.24, 2.45) is 0 Å². The quantitative estimate of drug-likeness (QED) is 0.764. The van der Waals surface area contributed by atoms with Crippen LogP contribution in [0.2, 0.25) is 0 Å². The third-order valence-electron chi connectivity index (χ3n) is 4.12. The Morgan fingerprint density at radius 2 is 1.83 bits per heavy atom. The van der Waals surface area contributed by atoms with Gasteiger partial charge in [0.05, 0.1) is 16.8 Å². The summed E-state index contributed by atoms with van der Waals surface area (Å²) in [6.07, 6.45) is 2.11. The summed E-state index contributed by atoms with van der Waals surface area (Å²) in [5, 5.41) is 3.19. The number of anilines is 1. The van der Waals surface area contributed by atoms with E-state index in [0.717, 1.165) is 33.8 Å². The first-order valence-corrected chi connectivity index (χ1v) is 8.99. The van der Waals surface area contributed by atoms with Gasteiger partial charge in [-0.3, -0.25) is 0 Å². The van der Waals surface area contributed by atoms with Gasteiger partial charge in [-0.15, -0.1) is 0 Å². The number of imidazole rings is 1. The fourth-order valence-corrected chi connectivity index (χ4v) is 4.14. The van der Waals surface area contributed by atoms with Crippen LogP contribution in [-0.2, 0) is 16.4 Å². The molecule has 0 aliphatic carbocycles. The maximum atomic E-state index is 12.8. The summed E-state index contributed by atoms with van der Waals surface area (Å²) >= 11 is 0. The number of aromatic amines is 1. The Bertz CT molecular complexity index is 1070. The molecule has 0 bridgehead atoms. The van der Waals surface area contributed by atoms with Crippen LogP contribution in [0.1, 0.15) is 5.56 Å². The lowest BCUT2D eigenvalue weighted by atomic mass is 10.2. The maximum Gasteiger partial charge on any atom is 0.340 e. The largest absolute Gasteiger partial charge is 0.384 e. The second-order valence-electron chi connectivity index (χ2n) is 5.64. The monoisotopic (exact) mass is 341 g/mol. The lowest BCUT2D eigenvalue weighted by Gasteiger charge is -2.06. The highest BCUT2D eigenvalue weighted by atomic mass is 32.2. The number of hydrogen-bond acceptors (Lipinski definition) is 4. The molecule has 3 aromatic rings. The zero-order valence-corrected chi connectivity index (χ0v) is 13.5. The summed E-state index contributed by atoms with van der Waals surface area (Å²) < 4.78 is 26.4. The molecule has 24 heavy (non-hydrogen) atoms. The highest BCUT2D eigenvalue weighted by Crippen LogP contribution is 2.26. The Labute approximate surface area is 138 Å². The zero-order valence-electron chi connectivity index (χ0n) is 12.7. The molecule has 6 nitrogen and oxygen atoms in total. The third-order valence-corrected chi connectivity index (χ3v) is 5.76. The molecule has 0 saturated carbocycles. The Morgan fingerprint density at radius 3 is 2.62 bits per heavy atom. The van der Waals surface area contributed by atoms with Gasteiger partial charge in [-0.05, 0) is 35.7 Å². The molecule has 1 aliphatic heterocycles. The van der Waals surface area contributed by atoms with Crippen molar-refractivity contribution >= 4 is 15.7 Å². The van der Waals surface area contributed by atoms with Crippen LogP contribution in [0.25, 0.3) is 11.3 Å². The van der Waals surface area contributed by atoms with Crippen molar-refractivity contribution in [2.45, 2.75) is 11.3 Å². The molecule has 7 heteroatoms. The number of benzene rings is 2. The molecule has 0 spiro atoms. The van der Waals surface area contributed by atoms with Gasteiger partial charge in [-0.2, -0.15) is 3.97 Å². The standard InChI is InChI=1S/C17H15N3O3S/c21-17-19-16(12-4-2-1-3-5-12)11-20(17)24(22,23)14-6-7-15-13(10-14)8-9-18-15/h1-7,10-11,18H,8-9H2,(H,19,21). The van der Waals surface area contributed by atoms with E-state index in [-0.39, 0.29) is 4.90 Å². The molecule has 1 aromatic heterocycles. The molecule has 2 aromatic carbocycles. The van der Waals surface area contributed by atoms with E-state index in [4.69, 9.17) is 0 Å². The van der Waals surface area contributed by atoms with Gasteiger partial charge in [0.15, 0.2) is 0 Å². The first-order valence-electron chi connectivity index (χ1n) is 7.55. The smallest absolute Gasteiger partial charge is 0.340 e. The second kappa shape index (κ2) is 5.38. The summed E-state index contributed by atoms with van der Waals surface area (Å²) in [5.74, 6) is 0. The lowest BCUT2D eigenvalue weighted by molar-refractivity contribution is 0.585. The van der Waals surface area contributed by atoms with E-state index in [2.05, 4.69) is 10.3 Å². The van der Waals surface area contributed by atoms with Crippen molar-refractivity contribution in [3.63, 3.8) is 0 Å². The Hall–Kier alpha value is -2.80. The number of fused-ring (bicyclic) bond motifs is 1. The molecule has 0 radical (unpaired) electrons. The molecular formula is C17H15N3O3S. The van der Waals surface area contributed by atoms with E-state index >= 15 is 0 Å². The second-order valence-corrected chi connectivity index (χ2v) is 7.45. The number of rotatable bonds is 3. The molecule has 0 atom stereocenters. The summed E-state index contributed by atoms with van der Waals surface area (Å²) in [5.41, 5.74) is 2.43. The normalized spacial score (nSPS) is 13.5. The lowest BCUT2D eigenvalue weighted by Crippen LogP contribution is -2.24. The first-order chi connectivity index (χ1) is 11.6. The van der Waals surface area contributed by atoms with Crippen LogP contribution in [0.15, 0.2) is 64.4 Å². The molecule has 2 N–H and O–H groups in total. The Kier molecular flexibility index (Phi) is 3.31. The van der Waals surface area contributed by atoms with Gasteiger partial charge < -0.3 is 10.3 Å². The van der Waals surface area contributed by atoms with E-state index in [1.807, 2.05) is 30.3 Å². The zero-order chi connectivity index (χ0) is 16.7. The van der Waals surface area contributed by atoms with Gasteiger partial charge in [-0.1, -0.05) is 30.3 Å². The minimum absolute atomic E-state index is 0.116. The fourth-order valence-electron chi connectivity index (χ4n) is 2.88. The number of aromatic nitrogens is 2. The van der Waals surface area contributed by atoms with E-state index in [9.17, 15) is 13.2 Å². The summed E-state index contributed by atoms with van der Waals surface area (Å²) in [7, 11) is -3.93. The average molecular weight is 341 g/mol. The van der Waals surface area contributed by atoms with E-state index in [0.29, 0.717) is 5.69 Å². The van der Waals surface area contributed by atoms with Crippen LogP contribution in [0.3, 0.4) is 0 Å². The predicted molar refractivity (Wildman–Crippen MR) is 91.7 cm³/mol. The molecule has 2 heterocycles. The molecular weight excluding hydrogens is 326 g/mol. The maximum absolute atomic E-state index is 12.8. The average Bonchev–Trinajstić information content (AvgIpc) is 3.21. The SMILES string of the molecule is O=c1[nH]c(-c2ccccc2)cn1S(=O)(=O)c1ccc2c(c1)CCN2. The van der Waals surface area contributed by atoms with Crippen molar-refractivity contribution in [3.8, 4) is 11.3 Å². The van der Waals surface area contributed by atoms with Crippen molar-refractivity contribution in [2.75, 3.05) is 11.9 Å². The summed E-state index contributed by atoms with van der Waals surface area (Å²) in [6, 6.07) is 14.0. The van der Waals surface area contributed by atoms with Gasteiger partial charge >= 0.3 is 5.69 Å². The highest BCUT2D eigenvalue weighted by molar-refractivity contribution is 7.90. The van der Waals surface area contributed by atoms with Crippen LogP contribution >= 0.6 is 0 Å².